The van der Waals surface area contributed by atoms with E-state index in [1.165, 1.54) is 12.5 Å². The molecule has 2 amide bonds. The van der Waals surface area contributed by atoms with Gasteiger partial charge in [0.15, 0.2) is 5.82 Å². The van der Waals surface area contributed by atoms with Gasteiger partial charge >= 0.3 is 6.03 Å². The maximum atomic E-state index is 14.6. The highest BCUT2D eigenvalue weighted by molar-refractivity contribution is 6.02. The highest BCUT2D eigenvalue weighted by Crippen LogP contribution is 2.38. The Kier molecular flexibility index (Phi) is 10.9. The molecule has 1 aliphatic rings. The van der Waals surface area contributed by atoms with Gasteiger partial charge in [0.05, 0.1) is 12.2 Å². The van der Waals surface area contributed by atoms with E-state index in [0.717, 1.165) is 39.4 Å². The first-order valence-electron chi connectivity index (χ1n) is 13.0. The van der Waals surface area contributed by atoms with Gasteiger partial charge in [0, 0.05) is 22.9 Å². The number of hydrogen-bond donors (Lipinski definition) is 2. The Morgan fingerprint density at radius 3 is 2.29 bits per heavy atom. The molecule has 0 fully saturated rings. The van der Waals surface area contributed by atoms with E-state index in [1.54, 1.807) is 6.92 Å². The first kappa shape index (κ1) is 30.4. The Bertz CT molecular complexity index is 1270. The summed E-state index contributed by atoms with van der Waals surface area (Å²) in [7, 11) is 0. The van der Waals surface area contributed by atoms with Crippen molar-refractivity contribution in [3.63, 3.8) is 0 Å². The molecule has 0 bridgehead atoms. The number of para-hydroxylation sites is 1. The van der Waals surface area contributed by atoms with E-state index in [4.69, 9.17) is 0 Å². The Morgan fingerprint density at radius 2 is 1.71 bits per heavy atom. The lowest BCUT2D eigenvalue weighted by Crippen LogP contribution is -2.43. The highest BCUT2D eigenvalue weighted by atomic mass is 19.1. The number of nitrogens with zero attached hydrogens (tertiary/aromatic N) is 3. The molecule has 2 N–H and O–H groups in total. The smallest absolute Gasteiger partial charge is 0.328 e. The van der Waals surface area contributed by atoms with Crippen molar-refractivity contribution in [3.8, 4) is 11.3 Å². The number of urea groups is 1. The number of amides is 2. The maximum absolute atomic E-state index is 14.6. The monoisotopic (exact) mass is 523 g/mol. The van der Waals surface area contributed by atoms with E-state index in [-0.39, 0.29) is 18.4 Å². The molecule has 0 atom stereocenters. The summed E-state index contributed by atoms with van der Waals surface area (Å²) in [4.78, 5) is 22.7. The fourth-order valence-corrected chi connectivity index (χ4v) is 3.90. The lowest BCUT2D eigenvalue weighted by Gasteiger charge is -2.30. The fourth-order valence-electron chi connectivity index (χ4n) is 3.90. The summed E-state index contributed by atoms with van der Waals surface area (Å²) in [6.45, 7) is 20.2. The molecule has 2 aromatic carbocycles. The fraction of sp³-hybridized carbons (Fsp3) is 0.367. The molecule has 1 aliphatic heterocycles. The minimum absolute atomic E-state index is 0.130. The summed E-state index contributed by atoms with van der Waals surface area (Å²) in [5, 5.41) is 6.00. The number of anilines is 2. The quantitative estimate of drug-likeness (QED) is 0.358. The van der Waals surface area contributed by atoms with Gasteiger partial charge in [-0.1, -0.05) is 58.9 Å². The molecule has 6 nitrogen and oxygen atoms in total. The summed E-state index contributed by atoms with van der Waals surface area (Å²) < 4.78 is 29.2. The number of fused-ring (bicyclic) bond motifs is 1. The molecule has 3 aromatic rings. The van der Waals surface area contributed by atoms with Crippen molar-refractivity contribution in [1.82, 2.24) is 20.6 Å². The highest BCUT2D eigenvalue weighted by Gasteiger charge is 2.33. The zero-order chi connectivity index (χ0) is 28.6. The second-order valence-corrected chi connectivity index (χ2v) is 9.00. The van der Waals surface area contributed by atoms with Crippen molar-refractivity contribution >= 4 is 23.2 Å². The molecule has 204 valence electrons. The number of halogens is 2. The number of aryl methyl sites for hydroxylation is 2. The van der Waals surface area contributed by atoms with E-state index in [9.17, 15) is 13.6 Å². The van der Waals surface area contributed by atoms with Crippen LogP contribution in [0.5, 0.6) is 0 Å². The lowest BCUT2D eigenvalue weighted by molar-refractivity contribution is 0.246. The summed E-state index contributed by atoms with van der Waals surface area (Å²) in [6.07, 6.45) is 1.25. The SMILES string of the molecule is C=C(NC(C)C)c1ccc(C)c(-c2nc(C)nc3c2CNC(=O)N3c2c(F)cccc2F)c1.CC.CCC. The molecule has 1 aromatic heterocycles. The molecule has 0 aliphatic carbocycles. The molecule has 4 rings (SSSR count). The van der Waals surface area contributed by atoms with Gasteiger partial charge < -0.3 is 10.6 Å². The first-order chi connectivity index (χ1) is 18.1. The van der Waals surface area contributed by atoms with E-state index in [1.807, 2.05) is 52.8 Å². The number of rotatable bonds is 5. The van der Waals surface area contributed by atoms with Gasteiger partial charge in [0.25, 0.3) is 0 Å². The Morgan fingerprint density at radius 1 is 1.11 bits per heavy atom. The van der Waals surface area contributed by atoms with Gasteiger partial charge in [-0.05, 0) is 57.0 Å². The standard InChI is InChI=1S/C25H25F2N5O.C3H8.C2H6/c1-13(2)29-15(4)17-10-9-14(3)18(11-17)22-19-12-28-25(33)32(24(19)31-16(5)30-22)23-20(26)7-6-8-21(23)27;1-3-2;1-2/h6-11,13,29H,4,12H2,1-3,5H3,(H,28,33);3H2,1-2H3;1-2H3. The zero-order valence-corrected chi connectivity index (χ0v) is 23.7. The van der Waals surface area contributed by atoms with Gasteiger partial charge in [-0.3, -0.25) is 0 Å². The molecule has 8 heteroatoms. The van der Waals surface area contributed by atoms with Crippen molar-refractivity contribution in [2.45, 2.75) is 74.4 Å². The summed E-state index contributed by atoms with van der Waals surface area (Å²) in [5.74, 6) is -1.17. The number of hydrogen-bond acceptors (Lipinski definition) is 4. The van der Waals surface area contributed by atoms with Crippen LogP contribution in [0.2, 0.25) is 0 Å². The number of aromatic nitrogens is 2. The van der Waals surface area contributed by atoms with Crippen LogP contribution < -0.4 is 15.5 Å². The second kappa shape index (κ2) is 13.7. The van der Waals surface area contributed by atoms with Crippen molar-refractivity contribution in [1.29, 1.82) is 0 Å². The average Bonchev–Trinajstić information content (AvgIpc) is 2.86. The van der Waals surface area contributed by atoms with Crippen molar-refractivity contribution in [2.24, 2.45) is 0 Å². The molecule has 2 heterocycles. The van der Waals surface area contributed by atoms with Crippen LogP contribution >= 0.6 is 0 Å². The summed E-state index contributed by atoms with van der Waals surface area (Å²) in [5.41, 5.74) is 4.14. The largest absolute Gasteiger partial charge is 0.383 e. The molecular formula is C30H39F2N5O. The van der Waals surface area contributed by atoms with Gasteiger partial charge in [0.2, 0.25) is 0 Å². The third-order valence-electron chi connectivity index (χ3n) is 5.39. The van der Waals surface area contributed by atoms with Crippen LogP contribution in [0.25, 0.3) is 17.0 Å². The molecule has 0 radical (unpaired) electrons. The third kappa shape index (κ3) is 6.73. The van der Waals surface area contributed by atoms with Gasteiger partial charge in [0.1, 0.15) is 23.1 Å². The minimum atomic E-state index is -0.856. The van der Waals surface area contributed by atoms with E-state index in [0.29, 0.717) is 17.1 Å². The van der Waals surface area contributed by atoms with Crippen LogP contribution in [-0.2, 0) is 6.54 Å². The molecule has 0 saturated heterocycles. The molecule has 38 heavy (non-hydrogen) atoms. The number of nitrogens with one attached hydrogen (secondary N) is 2. The summed E-state index contributed by atoms with van der Waals surface area (Å²) in [6, 6.07) is 8.94. The zero-order valence-electron chi connectivity index (χ0n) is 23.7. The van der Waals surface area contributed by atoms with Crippen LogP contribution in [0.1, 0.15) is 70.5 Å². The average molecular weight is 524 g/mol. The second-order valence-electron chi connectivity index (χ2n) is 9.00. The predicted octanol–water partition coefficient (Wildman–Crippen LogP) is 7.81. The first-order valence-corrected chi connectivity index (χ1v) is 13.0. The topological polar surface area (TPSA) is 70.1 Å². The molecule has 0 saturated carbocycles. The van der Waals surface area contributed by atoms with Crippen molar-refractivity contribution in [3.05, 3.63) is 77.1 Å². The van der Waals surface area contributed by atoms with Gasteiger partial charge in [-0.15, -0.1) is 0 Å². The number of carbonyl (C=O) groups is 1. The molecular weight excluding hydrogens is 484 g/mol. The van der Waals surface area contributed by atoms with E-state index in [2.05, 4.69) is 41.0 Å². The normalized spacial score (nSPS) is 12.0. The Hall–Kier alpha value is -3.81. The van der Waals surface area contributed by atoms with E-state index < -0.39 is 23.4 Å². The van der Waals surface area contributed by atoms with Crippen LogP contribution in [0.3, 0.4) is 0 Å². The third-order valence-corrected chi connectivity index (χ3v) is 5.39. The van der Waals surface area contributed by atoms with Crippen LogP contribution in [0, 0.1) is 25.5 Å². The summed E-state index contributed by atoms with van der Waals surface area (Å²) >= 11 is 0. The minimum Gasteiger partial charge on any atom is -0.383 e. The Balaban J connectivity index is 0.000000947. The van der Waals surface area contributed by atoms with E-state index >= 15 is 0 Å². The number of carbonyl (C=O) groups excluding carboxylic acids is 1. The molecule has 0 spiro atoms. The van der Waals surface area contributed by atoms with Crippen molar-refractivity contribution in [2.75, 3.05) is 4.90 Å². The van der Waals surface area contributed by atoms with Crippen molar-refractivity contribution < 1.29 is 13.6 Å². The van der Waals surface area contributed by atoms with Gasteiger partial charge in [-0.2, -0.15) is 0 Å². The Labute approximate surface area is 225 Å². The maximum Gasteiger partial charge on any atom is 0.328 e. The van der Waals surface area contributed by atoms with Crippen LogP contribution in [-0.4, -0.2) is 22.0 Å². The molecule has 0 unspecified atom stereocenters. The van der Waals surface area contributed by atoms with Gasteiger partial charge in [-0.25, -0.2) is 28.4 Å². The van der Waals surface area contributed by atoms with Crippen LogP contribution in [0.15, 0.2) is 43.0 Å². The number of benzene rings is 2. The lowest BCUT2D eigenvalue weighted by atomic mass is 9.97. The predicted molar refractivity (Wildman–Crippen MR) is 152 cm³/mol. The van der Waals surface area contributed by atoms with Crippen LogP contribution in [0.4, 0.5) is 25.1 Å².